The van der Waals surface area contributed by atoms with E-state index in [0.717, 1.165) is 57.8 Å². The molecule has 0 amide bonds. The van der Waals surface area contributed by atoms with Gasteiger partial charge in [0.2, 0.25) is 6.29 Å². The molecule has 23 atom stereocenters. The summed E-state index contributed by atoms with van der Waals surface area (Å²) in [6.07, 6.45) is -13.3. The van der Waals surface area contributed by atoms with Gasteiger partial charge < -0.3 is 79.5 Å². The molecule has 8 aliphatic rings. The number of ether oxygens (including phenoxy) is 6. The number of carbonyl (C=O) groups excluding carboxylic acids is 1. The van der Waals surface area contributed by atoms with Crippen LogP contribution in [0.1, 0.15) is 126 Å². The van der Waals surface area contributed by atoms with Crippen LogP contribution in [-0.4, -0.2) is 168 Å². The quantitative estimate of drug-likeness (QED) is 0.145. The van der Waals surface area contributed by atoms with Crippen molar-refractivity contribution in [3.63, 3.8) is 0 Å². The van der Waals surface area contributed by atoms with Gasteiger partial charge in [0.05, 0.1) is 24.2 Å². The second-order valence-electron chi connectivity index (χ2n) is 23.4. The second-order valence-corrected chi connectivity index (χ2v) is 23.4. The monoisotopic (exact) mass is 929 g/mol. The molecule has 5 aliphatic carbocycles. The Morgan fingerprint density at radius 2 is 1.14 bits per heavy atom. The van der Waals surface area contributed by atoms with Gasteiger partial charge in [-0.05, 0) is 122 Å². The normalized spacial score (nSPS) is 55.2. The van der Waals surface area contributed by atoms with Crippen molar-refractivity contribution in [2.45, 2.75) is 217 Å². The highest BCUT2D eigenvalue weighted by Gasteiger charge is 2.75. The van der Waals surface area contributed by atoms with E-state index in [1.165, 1.54) is 0 Å². The first-order chi connectivity index (χ1) is 30.3. The maximum atomic E-state index is 14.9. The fraction of sp³-hybridized carbons (Fsp3) is 0.957. The average Bonchev–Trinajstić information content (AvgIpc) is 3.51. The Morgan fingerprint density at radius 1 is 0.569 bits per heavy atom. The number of esters is 1. The van der Waals surface area contributed by atoms with E-state index in [2.05, 4.69) is 41.5 Å². The molecule has 3 heterocycles. The number of hydrogen-bond donors (Lipinski definition) is 10. The number of carboxylic acids is 1. The number of hydrogen-bond acceptors (Lipinski definition) is 17. The van der Waals surface area contributed by atoms with Crippen LogP contribution in [-0.2, 0) is 38.0 Å². The van der Waals surface area contributed by atoms with Crippen LogP contribution in [0.15, 0.2) is 0 Å². The third kappa shape index (κ3) is 7.48. The Labute approximate surface area is 380 Å². The van der Waals surface area contributed by atoms with Gasteiger partial charge in [-0.15, -0.1) is 0 Å². The van der Waals surface area contributed by atoms with Crippen molar-refractivity contribution in [3.05, 3.63) is 0 Å². The Balaban J connectivity index is 1.03. The molecule has 18 heteroatoms. The van der Waals surface area contributed by atoms with Gasteiger partial charge >= 0.3 is 11.9 Å². The Hall–Kier alpha value is -1.62. The largest absolute Gasteiger partial charge is 0.479 e. The summed E-state index contributed by atoms with van der Waals surface area (Å²) in [5.74, 6) is -1.68. The maximum absolute atomic E-state index is 14.9. The average molecular weight is 929 g/mol. The molecule has 18 nitrogen and oxygen atoms in total. The van der Waals surface area contributed by atoms with Crippen LogP contribution in [0.2, 0.25) is 0 Å². The van der Waals surface area contributed by atoms with Crippen molar-refractivity contribution in [2.75, 3.05) is 13.2 Å². The number of rotatable bonds is 9. The van der Waals surface area contributed by atoms with E-state index in [-0.39, 0.29) is 39.4 Å². The zero-order valence-electron chi connectivity index (χ0n) is 39.0. The van der Waals surface area contributed by atoms with Crippen molar-refractivity contribution in [1.82, 2.24) is 0 Å². The molecule has 65 heavy (non-hydrogen) atoms. The highest BCUT2D eigenvalue weighted by Crippen LogP contribution is 2.79. The molecule has 8 rings (SSSR count). The van der Waals surface area contributed by atoms with Gasteiger partial charge in [-0.3, -0.25) is 4.79 Å². The molecular formula is C47H76O18. The summed E-state index contributed by atoms with van der Waals surface area (Å²) >= 11 is 0. The van der Waals surface area contributed by atoms with Crippen LogP contribution in [0.4, 0.5) is 0 Å². The maximum Gasteiger partial charge on any atom is 0.335 e. The first-order valence-electron chi connectivity index (χ1n) is 24.0. The first kappa shape index (κ1) is 49.8. The minimum Gasteiger partial charge on any atom is -0.479 e. The van der Waals surface area contributed by atoms with E-state index in [1.807, 2.05) is 6.92 Å². The Bertz CT molecular complexity index is 1780. The van der Waals surface area contributed by atoms with Crippen LogP contribution >= 0.6 is 0 Å². The molecule has 0 radical (unpaired) electrons. The van der Waals surface area contributed by atoms with E-state index in [1.54, 1.807) is 0 Å². The van der Waals surface area contributed by atoms with Crippen molar-refractivity contribution in [1.29, 1.82) is 0 Å². The van der Waals surface area contributed by atoms with Crippen molar-refractivity contribution in [3.8, 4) is 0 Å². The smallest absolute Gasteiger partial charge is 0.335 e. The lowest BCUT2D eigenvalue weighted by Crippen LogP contribution is -2.71. The van der Waals surface area contributed by atoms with E-state index in [9.17, 15) is 60.7 Å². The molecule has 23 unspecified atom stereocenters. The van der Waals surface area contributed by atoms with Gasteiger partial charge in [-0.1, -0.05) is 48.0 Å². The van der Waals surface area contributed by atoms with Crippen molar-refractivity contribution >= 4 is 11.9 Å². The molecular weight excluding hydrogens is 852 g/mol. The predicted octanol–water partition coefficient (Wildman–Crippen LogP) is 1.10. The summed E-state index contributed by atoms with van der Waals surface area (Å²) in [5, 5.41) is 105. The molecule has 0 spiro atoms. The van der Waals surface area contributed by atoms with E-state index in [0.29, 0.717) is 19.3 Å². The lowest BCUT2D eigenvalue weighted by molar-refractivity contribution is -0.356. The predicted molar refractivity (Wildman–Crippen MR) is 225 cm³/mol. The van der Waals surface area contributed by atoms with Crippen LogP contribution in [0.5, 0.6) is 0 Å². The van der Waals surface area contributed by atoms with Gasteiger partial charge in [0, 0.05) is 0 Å². The Kier molecular flexibility index (Phi) is 13.1. The second kappa shape index (κ2) is 17.1. The lowest BCUT2D eigenvalue weighted by Gasteiger charge is -2.75. The van der Waals surface area contributed by atoms with Crippen LogP contribution in [0.3, 0.4) is 0 Å². The summed E-state index contributed by atoms with van der Waals surface area (Å²) in [6, 6.07) is 0. The van der Waals surface area contributed by atoms with E-state index < -0.39 is 128 Å². The van der Waals surface area contributed by atoms with Gasteiger partial charge in [0.25, 0.3) is 0 Å². The molecule has 10 N–H and O–H groups in total. The van der Waals surface area contributed by atoms with Crippen molar-refractivity contribution in [2.24, 2.45) is 50.2 Å². The first-order valence-corrected chi connectivity index (χ1v) is 24.0. The molecule has 0 aromatic rings. The number of fused-ring (bicyclic) bond motifs is 7. The molecule has 8 fully saturated rings. The summed E-state index contributed by atoms with van der Waals surface area (Å²) in [5.41, 5.74) is -3.06. The molecule has 372 valence electrons. The van der Waals surface area contributed by atoms with Crippen LogP contribution in [0, 0.1) is 50.2 Å². The summed E-state index contributed by atoms with van der Waals surface area (Å²) < 4.78 is 35.5. The highest BCUT2D eigenvalue weighted by atomic mass is 16.8. The van der Waals surface area contributed by atoms with E-state index >= 15 is 0 Å². The summed E-state index contributed by atoms with van der Waals surface area (Å²) in [6.45, 7) is 14.7. The third-order valence-electron chi connectivity index (χ3n) is 19.7. The minimum absolute atomic E-state index is 0.0356. The fourth-order valence-electron chi connectivity index (χ4n) is 16.2. The Morgan fingerprint density at radius 3 is 1.78 bits per heavy atom. The number of carbonyl (C=O) groups is 2. The number of carboxylic acid groups (broad SMARTS) is 1. The topological polar surface area (TPSA) is 292 Å². The van der Waals surface area contributed by atoms with Crippen molar-refractivity contribution < 1.29 is 89.1 Å². The van der Waals surface area contributed by atoms with Gasteiger partial charge in [0.15, 0.2) is 18.7 Å². The SMILES string of the molecule is CC1(C)CCC2(C(=O)OC3OC(CO)C(O)C(O)C3O)CCC3(C)C(CCC4C5(C)CCCC(C)(OC6OC(C(=O)O)C(OC7OC(CO)C(O)C7O)C(O)C6O)C5CCC43C)C2(C)C1. The molecule has 0 aromatic carbocycles. The van der Waals surface area contributed by atoms with Crippen LogP contribution in [0.25, 0.3) is 0 Å². The number of aliphatic hydroxyl groups excluding tert-OH is 9. The lowest BCUT2D eigenvalue weighted by atomic mass is 9.29. The summed E-state index contributed by atoms with van der Waals surface area (Å²) in [4.78, 5) is 27.5. The van der Waals surface area contributed by atoms with Gasteiger partial charge in [-0.25, -0.2) is 4.79 Å². The van der Waals surface area contributed by atoms with Gasteiger partial charge in [-0.2, -0.15) is 0 Å². The molecule has 0 aromatic heterocycles. The minimum atomic E-state index is -1.85. The zero-order chi connectivity index (χ0) is 47.6. The fourth-order valence-corrected chi connectivity index (χ4v) is 16.2. The number of aliphatic hydroxyl groups is 9. The van der Waals surface area contributed by atoms with Crippen LogP contribution < -0.4 is 0 Å². The van der Waals surface area contributed by atoms with Gasteiger partial charge in [0.1, 0.15) is 61.0 Å². The number of aliphatic carboxylic acids is 1. The van der Waals surface area contributed by atoms with E-state index in [4.69, 9.17) is 28.4 Å². The standard InChI is InChI=1S/C47H76O18/c1-41(2)15-17-47(40(59)64-38-32(55)29(52)27(50)22(19-48)61-38)18-16-44(5)26(45(47,6)21-41)10-9-24-42(3)12-8-13-46(7,25(42)11-14-43(24,44)4)65-39-33(56)30(53)34(35(63-39)36(57)58)62-37-31(54)28(51)23(20-49)60-37/h22-35,37-39,48-56H,8-21H2,1-7H3,(H,57,58). The molecule has 3 saturated heterocycles. The molecule has 0 bridgehead atoms. The highest BCUT2D eigenvalue weighted by molar-refractivity contribution is 5.79. The summed E-state index contributed by atoms with van der Waals surface area (Å²) in [7, 11) is 0. The molecule has 5 saturated carbocycles. The zero-order valence-corrected chi connectivity index (χ0v) is 39.0. The molecule has 3 aliphatic heterocycles. The third-order valence-corrected chi connectivity index (χ3v) is 19.7.